The second kappa shape index (κ2) is 10.4. The van der Waals surface area contributed by atoms with Crippen LogP contribution in [-0.2, 0) is 32.0 Å². The van der Waals surface area contributed by atoms with E-state index in [9.17, 15) is 18.8 Å². The maximum atomic E-state index is 14.0. The standard InChI is InChI=1S/C22H25FN2O4/c1-14-7-6-8-16(11-14)12-20(22(28)29-3)25-21(27)19(24-15(2)26)13-17-9-4-5-10-18(17)23/h4-11,19-20H,12-13H2,1-3H3,(H,24,26)(H,25,27)/t19-,20+/m1/s1. The van der Waals surface area contributed by atoms with Gasteiger partial charge in [0, 0.05) is 19.8 Å². The highest BCUT2D eigenvalue weighted by Gasteiger charge is 2.27. The third kappa shape index (κ3) is 6.71. The Hall–Kier alpha value is -3.22. The molecule has 154 valence electrons. The van der Waals surface area contributed by atoms with E-state index in [4.69, 9.17) is 4.74 Å². The molecule has 0 radical (unpaired) electrons. The van der Waals surface area contributed by atoms with E-state index in [0.29, 0.717) is 0 Å². The molecule has 0 heterocycles. The summed E-state index contributed by atoms with van der Waals surface area (Å²) in [5.41, 5.74) is 2.16. The van der Waals surface area contributed by atoms with Crippen molar-refractivity contribution in [3.63, 3.8) is 0 Å². The molecule has 0 saturated carbocycles. The number of hydrogen-bond acceptors (Lipinski definition) is 4. The Bertz CT molecular complexity index is 885. The zero-order valence-corrected chi connectivity index (χ0v) is 16.7. The van der Waals surface area contributed by atoms with E-state index in [1.807, 2.05) is 31.2 Å². The van der Waals surface area contributed by atoms with E-state index in [1.54, 1.807) is 18.2 Å². The molecule has 0 saturated heterocycles. The smallest absolute Gasteiger partial charge is 0.328 e. The number of hydrogen-bond donors (Lipinski definition) is 2. The number of carbonyl (C=O) groups excluding carboxylic acids is 3. The highest BCUT2D eigenvalue weighted by atomic mass is 19.1. The van der Waals surface area contributed by atoms with Crippen LogP contribution in [0.2, 0.25) is 0 Å². The summed E-state index contributed by atoms with van der Waals surface area (Å²) in [4.78, 5) is 36.6. The molecule has 0 fully saturated rings. The van der Waals surface area contributed by atoms with Crippen molar-refractivity contribution in [2.24, 2.45) is 0 Å². The summed E-state index contributed by atoms with van der Waals surface area (Å²) < 4.78 is 18.8. The molecule has 2 aromatic carbocycles. The van der Waals surface area contributed by atoms with Crippen molar-refractivity contribution < 1.29 is 23.5 Å². The van der Waals surface area contributed by atoms with Gasteiger partial charge in [0.05, 0.1) is 7.11 Å². The minimum absolute atomic E-state index is 0.0452. The van der Waals surface area contributed by atoms with Crippen molar-refractivity contribution >= 4 is 17.8 Å². The lowest BCUT2D eigenvalue weighted by atomic mass is 10.0. The maximum Gasteiger partial charge on any atom is 0.328 e. The van der Waals surface area contributed by atoms with Crippen LogP contribution in [0.15, 0.2) is 48.5 Å². The number of esters is 1. The Morgan fingerprint density at radius 2 is 1.72 bits per heavy atom. The highest BCUT2D eigenvalue weighted by Crippen LogP contribution is 2.11. The monoisotopic (exact) mass is 400 g/mol. The zero-order valence-electron chi connectivity index (χ0n) is 16.7. The van der Waals surface area contributed by atoms with Crippen LogP contribution in [0.25, 0.3) is 0 Å². The fourth-order valence-electron chi connectivity index (χ4n) is 3.02. The largest absolute Gasteiger partial charge is 0.467 e. The van der Waals surface area contributed by atoms with Crippen LogP contribution in [0.5, 0.6) is 0 Å². The van der Waals surface area contributed by atoms with Crippen molar-refractivity contribution in [1.29, 1.82) is 0 Å². The average molecular weight is 400 g/mol. The number of rotatable bonds is 8. The van der Waals surface area contributed by atoms with Gasteiger partial charge >= 0.3 is 5.97 Å². The van der Waals surface area contributed by atoms with Gasteiger partial charge < -0.3 is 15.4 Å². The predicted molar refractivity (Wildman–Crippen MR) is 107 cm³/mol. The molecule has 29 heavy (non-hydrogen) atoms. The van der Waals surface area contributed by atoms with Gasteiger partial charge in [-0.05, 0) is 24.1 Å². The summed E-state index contributed by atoms with van der Waals surface area (Å²) in [6.07, 6.45) is 0.184. The van der Waals surface area contributed by atoms with Gasteiger partial charge in [-0.15, -0.1) is 0 Å². The normalized spacial score (nSPS) is 12.6. The van der Waals surface area contributed by atoms with Gasteiger partial charge in [0.15, 0.2) is 0 Å². The molecule has 0 aliphatic heterocycles. The predicted octanol–water partition coefficient (Wildman–Crippen LogP) is 2.08. The van der Waals surface area contributed by atoms with Crippen LogP contribution in [0.4, 0.5) is 4.39 Å². The van der Waals surface area contributed by atoms with E-state index < -0.39 is 35.7 Å². The topological polar surface area (TPSA) is 84.5 Å². The van der Waals surface area contributed by atoms with E-state index in [2.05, 4.69) is 10.6 Å². The number of carbonyl (C=O) groups is 3. The van der Waals surface area contributed by atoms with Crippen molar-refractivity contribution in [2.45, 2.75) is 38.8 Å². The molecular formula is C22H25FN2O4. The van der Waals surface area contributed by atoms with Gasteiger partial charge in [-0.25, -0.2) is 9.18 Å². The molecule has 2 aromatic rings. The summed E-state index contributed by atoms with van der Waals surface area (Å²) in [6.45, 7) is 3.20. The summed E-state index contributed by atoms with van der Waals surface area (Å²) >= 11 is 0. The van der Waals surface area contributed by atoms with Crippen LogP contribution in [0, 0.1) is 12.7 Å². The molecule has 0 aliphatic carbocycles. The summed E-state index contributed by atoms with van der Waals surface area (Å²) in [5.74, 6) is -2.10. The maximum absolute atomic E-state index is 14.0. The first kappa shape index (κ1) is 22.1. The van der Waals surface area contributed by atoms with Gasteiger partial charge in [-0.3, -0.25) is 9.59 Å². The summed E-state index contributed by atoms with van der Waals surface area (Å²) in [6, 6.07) is 11.6. The Balaban J connectivity index is 2.19. The Morgan fingerprint density at radius 3 is 2.34 bits per heavy atom. The first-order valence-corrected chi connectivity index (χ1v) is 9.24. The Labute approximate surface area is 169 Å². The van der Waals surface area contributed by atoms with Gasteiger partial charge in [0.1, 0.15) is 17.9 Å². The van der Waals surface area contributed by atoms with Crippen LogP contribution in [-0.4, -0.2) is 37.0 Å². The fourth-order valence-corrected chi connectivity index (χ4v) is 3.02. The Morgan fingerprint density at radius 1 is 1.00 bits per heavy atom. The van der Waals surface area contributed by atoms with E-state index in [1.165, 1.54) is 20.1 Å². The molecule has 0 bridgehead atoms. The molecule has 0 spiro atoms. The second-order valence-corrected chi connectivity index (χ2v) is 6.83. The van der Waals surface area contributed by atoms with Crippen molar-refractivity contribution in [2.75, 3.05) is 7.11 Å². The molecule has 2 N–H and O–H groups in total. The Kier molecular flexibility index (Phi) is 7.88. The minimum Gasteiger partial charge on any atom is -0.467 e. The lowest BCUT2D eigenvalue weighted by molar-refractivity contribution is -0.145. The summed E-state index contributed by atoms with van der Waals surface area (Å²) in [7, 11) is 1.24. The molecule has 0 aromatic heterocycles. The third-order valence-corrected chi connectivity index (χ3v) is 4.40. The quantitative estimate of drug-likeness (QED) is 0.665. The number of nitrogens with one attached hydrogen (secondary N) is 2. The number of amides is 2. The van der Waals surface area contributed by atoms with Gasteiger partial charge in [-0.1, -0.05) is 48.0 Å². The number of benzene rings is 2. The zero-order chi connectivity index (χ0) is 21.4. The molecule has 2 amide bonds. The van der Waals surface area contributed by atoms with Gasteiger partial charge in [-0.2, -0.15) is 0 Å². The van der Waals surface area contributed by atoms with Crippen molar-refractivity contribution in [3.05, 3.63) is 71.0 Å². The lowest BCUT2D eigenvalue weighted by Gasteiger charge is -2.22. The first-order chi connectivity index (χ1) is 13.8. The molecule has 0 aliphatic rings. The molecule has 2 rings (SSSR count). The molecular weight excluding hydrogens is 375 g/mol. The fraction of sp³-hybridized carbons (Fsp3) is 0.318. The third-order valence-electron chi connectivity index (χ3n) is 4.40. The van der Waals surface area contributed by atoms with Crippen molar-refractivity contribution in [1.82, 2.24) is 10.6 Å². The summed E-state index contributed by atoms with van der Waals surface area (Å²) in [5, 5.41) is 5.15. The van der Waals surface area contributed by atoms with Gasteiger partial charge in [0.2, 0.25) is 11.8 Å². The highest BCUT2D eigenvalue weighted by molar-refractivity contribution is 5.90. The van der Waals surface area contributed by atoms with Crippen LogP contribution < -0.4 is 10.6 Å². The van der Waals surface area contributed by atoms with E-state index in [-0.39, 0.29) is 18.4 Å². The second-order valence-electron chi connectivity index (χ2n) is 6.83. The van der Waals surface area contributed by atoms with Crippen LogP contribution >= 0.6 is 0 Å². The molecule has 6 nitrogen and oxygen atoms in total. The van der Waals surface area contributed by atoms with E-state index in [0.717, 1.165) is 11.1 Å². The minimum atomic E-state index is -1.03. The van der Waals surface area contributed by atoms with Crippen LogP contribution in [0.3, 0.4) is 0 Å². The average Bonchev–Trinajstić information content (AvgIpc) is 2.67. The number of aryl methyl sites for hydroxylation is 1. The number of methoxy groups -OCH3 is 1. The lowest BCUT2D eigenvalue weighted by Crippen LogP contribution is -2.53. The molecule has 7 heteroatoms. The SMILES string of the molecule is COC(=O)[C@H](Cc1cccc(C)c1)NC(=O)[C@@H](Cc1ccccc1F)NC(C)=O. The van der Waals surface area contributed by atoms with Gasteiger partial charge in [0.25, 0.3) is 0 Å². The van der Waals surface area contributed by atoms with Crippen LogP contribution in [0.1, 0.15) is 23.6 Å². The first-order valence-electron chi connectivity index (χ1n) is 9.24. The molecule has 0 unspecified atom stereocenters. The number of halogens is 1. The van der Waals surface area contributed by atoms with E-state index >= 15 is 0 Å². The molecule has 2 atom stereocenters. The number of ether oxygens (including phenoxy) is 1. The van der Waals surface area contributed by atoms with Crippen molar-refractivity contribution in [3.8, 4) is 0 Å².